The van der Waals surface area contributed by atoms with Crippen molar-refractivity contribution in [2.75, 3.05) is 4.90 Å². The highest BCUT2D eigenvalue weighted by atomic mass is 15.2. The molecule has 0 saturated heterocycles. The number of fused-ring (bicyclic) bond motifs is 5. The Balaban J connectivity index is 1.12. The fourth-order valence-corrected chi connectivity index (χ4v) is 9.09. The first-order valence-electron chi connectivity index (χ1n) is 17.3. The lowest BCUT2D eigenvalue weighted by atomic mass is 9.66. The molecule has 5 aromatic rings. The van der Waals surface area contributed by atoms with E-state index < -0.39 is 0 Å². The van der Waals surface area contributed by atoms with Crippen LogP contribution >= 0.6 is 0 Å². The van der Waals surface area contributed by atoms with Gasteiger partial charge in [-0.1, -0.05) is 149 Å². The van der Waals surface area contributed by atoms with Crippen LogP contribution in [0, 0.1) is 5.92 Å². The van der Waals surface area contributed by atoms with E-state index in [-0.39, 0.29) is 10.8 Å². The third-order valence-corrected chi connectivity index (χ3v) is 11.6. The molecule has 2 atom stereocenters. The van der Waals surface area contributed by atoms with Crippen molar-refractivity contribution >= 4 is 28.2 Å². The average Bonchev–Trinajstić information content (AvgIpc) is 3.11. The van der Waals surface area contributed by atoms with Gasteiger partial charge in [-0.3, -0.25) is 0 Å². The number of benzene rings is 5. The summed E-state index contributed by atoms with van der Waals surface area (Å²) >= 11 is 0. The van der Waals surface area contributed by atoms with Gasteiger partial charge in [-0.15, -0.1) is 0 Å². The van der Waals surface area contributed by atoms with Crippen molar-refractivity contribution in [3.63, 3.8) is 0 Å². The molecule has 0 spiro atoms. The third-order valence-electron chi connectivity index (χ3n) is 11.6. The molecule has 47 heavy (non-hydrogen) atoms. The van der Waals surface area contributed by atoms with Gasteiger partial charge in [0.25, 0.3) is 0 Å². The first-order valence-corrected chi connectivity index (χ1v) is 17.3. The van der Waals surface area contributed by atoms with E-state index in [9.17, 15) is 0 Å². The second kappa shape index (κ2) is 10.3. The Kier molecular flexibility index (Phi) is 6.22. The van der Waals surface area contributed by atoms with E-state index in [4.69, 9.17) is 0 Å². The molecule has 0 fully saturated rings. The maximum Gasteiger partial charge on any atom is 0.0543 e. The molecule has 1 heteroatoms. The number of nitrogens with zero attached hydrogens (tertiary/aromatic N) is 1. The summed E-state index contributed by atoms with van der Waals surface area (Å²) in [4.78, 5) is 2.55. The van der Waals surface area contributed by atoms with Crippen molar-refractivity contribution in [2.24, 2.45) is 5.92 Å². The van der Waals surface area contributed by atoms with E-state index >= 15 is 0 Å². The molecule has 0 saturated carbocycles. The van der Waals surface area contributed by atoms with E-state index in [1.165, 1.54) is 72.7 Å². The maximum absolute atomic E-state index is 2.57. The fraction of sp³-hybridized carbons (Fsp3) is 0.217. The lowest BCUT2D eigenvalue weighted by molar-refractivity contribution is 0.509. The lowest BCUT2D eigenvalue weighted by Gasteiger charge is -2.49. The molecule has 0 amide bonds. The summed E-state index contributed by atoms with van der Waals surface area (Å²) in [5, 5.41) is 0. The molecule has 2 heterocycles. The van der Waals surface area contributed by atoms with Crippen LogP contribution in [0.3, 0.4) is 0 Å². The van der Waals surface area contributed by atoms with Gasteiger partial charge >= 0.3 is 0 Å². The molecule has 5 aromatic carbocycles. The standard InChI is InChI=1S/C46H41N/c1-45(2)38-20-10-11-23-42(38)47-43-27-24-32(29-41(43)46(3,4)40-22-13-21-39(45)44(40)47)31-16-12-17-33(28-31)35-26-25-34(30-14-6-5-7-15-30)36-18-8-9-19-37(35)36/h5-16,18-25,27-29,33,35H,17,26H2,1-4H3. The van der Waals surface area contributed by atoms with Gasteiger partial charge in [0.15, 0.2) is 0 Å². The van der Waals surface area contributed by atoms with Crippen molar-refractivity contribution in [2.45, 2.75) is 57.3 Å². The van der Waals surface area contributed by atoms with Crippen LogP contribution in [-0.2, 0) is 10.8 Å². The minimum atomic E-state index is -0.130. The van der Waals surface area contributed by atoms with Crippen LogP contribution in [0.25, 0.3) is 11.1 Å². The van der Waals surface area contributed by atoms with E-state index in [2.05, 4.69) is 172 Å². The van der Waals surface area contributed by atoms with Crippen molar-refractivity contribution < 1.29 is 0 Å². The van der Waals surface area contributed by atoms with Crippen molar-refractivity contribution in [1.82, 2.24) is 0 Å². The lowest BCUT2D eigenvalue weighted by Crippen LogP contribution is -2.38. The summed E-state index contributed by atoms with van der Waals surface area (Å²) in [6, 6.07) is 43.2. The van der Waals surface area contributed by atoms with E-state index in [0.29, 0.717) is 11.8 Å². The van der Waals surface area contributed by atoms with Crippen LogP contribution in [0.5, 0.6) is 0 Å². The Bertz CT molecular complexity index is 2160. The van der Waals surface area contributed by atoms with Gasteiger partial charge < -0.3 is 4.90 Å². The molecule has 2 aliphatic heterocycles. The summed E-state index contributed by atoms with van der Waals surface area (Å²) in [6.45, 7) is 9.59. The average molecular weight is 608 g/mol. The van der Waals surface area contributed by atoms with Gasteiger partial charge in [-0.05, 0) is 98.5 Å². The summed E-state index contributed by atoms with van der Waals surface area (Å²) in [7, 11) is 0. The number of anilines is 3. The summed E-state index contributed by atoms with van der Waals surface area (Å²) in [5.74, 6) is 0.916. The van der Waals surface area contributed by atoms with E-state index in [1.54, 1.807) is 0 Å². The van der Waals surface area contributed by atoms with Crippen LogP contribution in [0.4, 0.5) is 17.1 Å². The van der Waals surface area contributed by atoms with Crippen LogP contribution < -0.4 is 4.90 Å². The molecule has 1 nitrogen and oxygen atoms in total. The topological polar surface area (TPSA) is 3.24 Å². The summed E-state index contributed by atoms with van der Waals surface area (Å²) in [6.07, 6.45) is 12.0. The van der Waals surface area contributed by atoms with Crippen LogP contribution in [0.15, 0.2) is 140 Å². The summed E-state index contributed by atoms with van der Waals surface area (Å²) in [5.41, 5.74) is 17.6. The minimum Gasteiger partial charge on any atom is -0.309 e. The predicted molar refractivity (Wildman–Crippen MR) is 198 cm³/mol. The highest BCUT2D eigenvalue weighted by Gasteiger charge is 2.45. The van der Waals surface area contributed by atoms with E-state index in [1.807, 2.05) is 0 Å². The molecular formula is C46H41N. The quantitative estimate of drug-likeness (QED) is 0.197. The summed E-state index contributed by atoms with van der Waals surface area (Å²) < 4.78 is 0. The van der Waals surface area contributed by atoms with Crippen molar-refractivity contribution in [3.8, 4) is 0 Å². The van der Waals surface area contributed by atoms with Gasteiger partial charge in [0.2, 0.25) is 0 Å². The molecule has 0 aromatic heterocycles. The highest BCUT2D eigenvalue weighted by molar-refractivity contribution is 5.93. The Morgan fingerprint density at radius 3 is 2.11 bits per heavy atom. The molecule has 0 radical (unpaired) electrons. The molecule has 2 aliphatic carbocycles. The van der Waals surface area contributed by atoms with Crippen LogP contribution in [0.2, 0.25) is 0 Å². The normalized spacial score (nSPS) is 21.1. The molecule has 4 aliphatic rings. The van der Waals surface area contributed by atoms with Crippen molar-refractivity contribution in [1.29, 1.82) is 0 Å². The molecule has 230 valence electrons. The predicted octanol–water partition coefficient (Wildman–Crippen LogP) is 12.0. The second-order valence-corrected chi connectivity index (χ2v) is 14.9. The van der Waals surface area contributed by atoms with Crippen LogP contribution in [0.1, 0.15) is 91.0 Å². The Hall–Kier alpha value is -4.88. The first kappa shape index (κ1) is 28.4. The Morgan fingerprint density at radius 2 is 1.28 bits per heavy atom. The van der Waals surface area contributed by atoms with Gasteiger partial charge in [0.05, 0.1) is 17.1 Å². The largest absolute Gasteiger partial charge is 0.309 e. The monoisotopic (exact) mass is 607 g/mol. The minimum absolute atomic E-state index is 0.0620. The first-order chi connectivity index (χ1) is 22.8. The van der Waals surface area contributed by atoms with Gasteiger partial charge in [-0.2, -0.15) is 0 Å². The third kappa shape index (κ3) is 4.15. The van der Waals surface area contributed by atoms with Crippen LogP contribution in [-0.4, -0.2) is 0 Å². The molecular weight excluding hydrogens is 567 g/mol. The zero-order valence-electron chi connectivity index (χ0n) is 27.8. The second-order valence-electron chi connectivity index (χ2n) is 14.9. The number of rotatable bonds is 3. The molecule has 0 N–H and O–H groups in total. The number of hydrogen-bond acceptors (Lipinski definition) is 1. The maximum atomic E-state index is 2.57. The fourth-order valence-electron chi connectivity index (χ4n) is 9.09. The zero-order chi connectivity index (χ0) is 31.9. The van der Waals surface area contributed by atoms with Gasteiger partial charge in [0.1, 0.15) is 0 Å². The smallest absolute Gasteiger partial charge is 0.0543 e. The molecule has 0 bridgehead atoms. The highest BCUT2D eigenvalue weighted by Crippen LogP contribution is 2.60. The Morgan fingerprint density at radius 1 is 0.596 bits per heavy atom. The van der Waals surface area contributed by atoms with Gasteiger partial charge in [0, 0.05) is 10.8 Å². The molecule has 2 unspecified atom stereocenters. The Labute approximate surface area is 279 Å². The zero-order valence-corrected chi connectivity index (χ0v) is 27.8. The molecule has 9 rings (SSSR count). The van der Waals surface area contributed by atoms with Gasteiger partial charge in [-0.25, -0.2) is 0 Å². The number of allylic oxidation sites excluding steroid dienone is 5. The van der Waals surface area contributed by atoms with Crippen molar-refractivity contribution in [3.05, 3.63) is 184 Å². The number of hydrogen-bond donors (Lipinski definition) is 0. The number of para-hydroxylation sites is 2. The SMILES string of the molecule is CC1(C)c2ccccc2N2c3ccc(C4=CC(C5CC=C(c6ccccc6)c6ccccc65)CC=C4)cc3C(C)(C)c3cccc1c32. The van der Waals surface area contributed by atoms with E-state index in [0.717, 1.165) is 12.8 Å².